The molecule has 1 aliphatic rings. The zero-order valence-electron chi connectivity index (χ0n) is 9.40. The lowest BCUT2D eigenvalue weighted by molar-refractivity contribution is -0.144. The van der Waals surface area contributed by atoms with E-state index in [1.54, 1.807) is 12.1 Å². The number of hydrogen-bond donors (Lipinski definition) is 2. The standard InChI is InChI=1S/C12H15FN2O2/c13-10-3-1-9(2-4-10)8-15-6-5-14-7-11(15)12(16)17/h1-4,11,14H,5-8H2,(H,16,17)/t11-/m0/s1. The second-order valence-electron chi connectivity index (χ2n) is 4.16. The van der Waals surface area contributed by atoms with Crippen LogP contribution in [0.5, 0.6) is 0 Å². The highest BCUT2D eigenvalue weighted by Gasteiger charge is 2.27. The minimum Gasteiger partial charge on any atom is -0.480 e. The fourth-order valence-electron chi connectivity index (χ4n) is 2.00. The van der Waals surface area contributed by atoms with Crippen molar-refractivity contribution in [3.8, 4) is 0 Å². The van der Waals surface area contributed by atoms with Crippen LogP contribution in [0.2, 0.25) is 0 Å². The van der Waals surface area contributed by atoms with E-state index in [1.807, 2.05) is 4.90 Å². The second kappa shape index (κ2) is 5.25. The third-order valence-electron chi connectivity index (χ3n) is 2.94. The third kappa shape index (κ3) is 3.01. The van der Waals surface area contributed by atoms with Gasteiger partial charge in [0.15, 0.2) is 0 Å². The van der Waals surface area contributed by atoms with Gasteiger partial charge < -0.3 is 10.4 Å². The van der Waals surface area contributed by atoms with Gasteiger partial charge in [0.05, 0.1) is 0 Å². The van der Waals surface area contributed by atoms with E-state index in [4.69, 9.17) is 5.11 Å². The van der Waals surface area contributed by atoms with E-state index in [1.165, 1.54) is 12.1 Å². The Morgan fingerprint density at radius 2 is 2.18 bits per heavy atom. The van der Waals surface area contributed by atoms with E-state index >= 15 is 0 Å². The van der Waals surface area contributed by atoms with Crippen molar-refractivity contribution in [3.63, 3.8) is 0 Å². The molecule has 0 unspecified atom stereocenters. The van der Waals surface area contributed by atoms with Gasteiger partial charge in [0.25, 0.3) is 0 Å². The molecule has 5 heteroatoms. The Labute approximate surface area is 99.0 Å². The van der Waals surface area contributed by atoms with Crippen LogP contribution < -0.4 is 5.32 Å². The van der Waals surface area contributed by atoms with Crippen LogP contribution in [0.3, 0.4) is 0 Å². The van der Waals surface area contributed by atoms with Gasteiger partial charge in [0.2, 0.25) is 0 Å². The van der Waals surface area contributed by atoms with Crippen LogP contribution in [0.4, 0.5) is 4.39 Å². The number of nitrogens with one attached hydrogen (secondary N) is 1. The smallest absolute Gasteiger partial charge is 0.322 e. The first-order valence-electron chi connectivity index (χ1n) is 5.59. The maximum absolute atomic E-state index is 12.8. The molecular weight excluding hydrogens is 223 g/mol. The molecule has 1 atom stereocenters. The van der Waals surface area contributed by atoms with E-state index < -0.39 is 12.0 Å². The van der Waals surface area contributed by atoms with Gasteiger partial charge in [-0.25, -0.2) is 4.39 Å². The molecule has 0 bridgehead atoms. The topological polar surface area (TPSA) is 52.6 Å². The van der Waals surface area contributed by atoms with Crippen LogP contribution >= 0.6 is 0 Å². The lowest BCUT2D eigenvalue weighted by Gasteiger charge is -2.33. The number of piperazine rings is 1. The van der Waals surface area contributed by atoms with Crippen molar-refractivity contribution < 1.29 is 14.3 Å². The Bertz CT molecular complexity index is 394. The first-order chi connectivity index (χ1) is 8.16. The van der Waals surface area contributed by atoms with Crippen LogP contribution in [0, 0.1) is 5.82 Å². The minimum atomic E-state index is -0.820. The zero-order chi connectivity index (χ0) is 12.3. The molecule has 2 rings (SSSR count). The minimum absolute atomic E-state index is 0.274. The van der Waals surface area contributed by atoms with Crippen LogP contribution in [-0.2, 0) is 11.3 Å². The summed E-state index contributed by atoms with van der Waals surface area (Å²) in [6.45, 7) is 2.47. The number of nitrogens with zero attached hydrogens (tertiary/aromatic N) is 1. The van der Waals surface area contributed by atoms with E-state index in [0.29, 0.717) is 19.6 Å². The van der Waals surface area contributed by atoms with E-state index in [-0.39, 0.29) is 5.82 Å². The predicted octanol–water partition coefficient (Wildman–Crippen LogP) is 0.684. The summed E-state index contributed by atoms with van der Waals surface area (Å²) in [5.41, 5.74) is 0.930. The highest BCUT2D eigenvalue weighted by atomic mass is 19.1. The normalized spacial score (nSPS) is 21.4. The quantitative estimate of drug-likeness (QED) is 0.813. The predicted molar refractivity (Wildman–Crippen MR) is 61.1 cm³/mol. The molecule has 0 aromatic heterocycles. The van der Waals surface area contributed by atoms with Gasteiger partial charge in [0, 0.05) is 26.2 Å². The summed E-state index contributed by atoms with van der Waals surface area (Å²) in [4.78, 5) is 13.0. The van der Waals surface area contributed by atoms with Crippen LogP contribution in [-0.4, -0.2) is 41.7 Å². The molecule has 17 heavy (non-hydrogen) atoms. The van der Waals surface area contributed by atoms with E-state index in [2.05, 4.69) is 5.32 Å². The monoisotopic (exact) mass is 238 g/mol. The molecule has 0 saturated carbocycles. The second-order valence-corrected chi connectivity index (χ2v) is 4.16. The number of carboxylic acid groups (broad SMARTS) is 1. The average molecular weight is 238 g/mol. The van der Waals surface area contributed by atoms with Gasteiger partial charge in [-0.05, 0) is 17.7 Å². The molecule has 1 aromatic rings. The Balaban J connectivity index is 2.05. The van der Waals surface area contributed by atoms with Gasteiger partial charge in [0.1, 0.15) is 11.9 Å². The largest absolute Gasteiger partial charge is 0.480 e. The van der Waals surface area contributed by atoms with Crippen molar-refractivity contribution in [2.45, 2.75) is 12.6 Å². The number of carbonyl (C=O) groups is 1. The van der Waals surface area contributed by atoms with E-state index in [0.717, 1.165) is 12.1 Å². The summed E-state index contributed by atoms with van der Waals surface area (Å²) in [7, 11) is 0. The molecule has 1 aromatic carbocycles. The molecule has 0 radical (unpaired) electrons. The van der Waals surface area contributed by atoms with E-state index in [9.17, 15) is 9.18 Å². The molecule has 92 valence electrons. The van der Waals surface area contributed by atoms with Crippen molar-refractivity contribution >= 4 is 5.97 Å². The Morgan fingerprint density at radius 1 is 1.47 bits per heavy atom. The number of carboxylic acids is 1. The summed E-state index contributed by atoms with van der Waals surface area (Å²) < 4.78 is 12.8. The fourth-order valence-corrected chi connectivity index (χ4v) is 2.00. The van der Waals surface area contributed by atoms with Crippen molar-refractivity contribution in [2.24, 2.45) is 0 Å². The Kier molecular flexibility index (Phi) is 3.71. The number of hydrogen-bond acceptors (Lipinski definition) is 3. The van der Waals surface area contributed by atoms with Gasteiger partial charge >= 0.3 is 5.97 Å². The maximum Gasteiger partial charge on any atom is 0.322 e. The van der Waals surface area contributed by atoms with Gasteiger partial charge in [-0.15, -0.1) is 0 Å². The zero-order valence-corrected chi connectivity index (χ0v) is 9.40. The molecule has 0 spiro atoms. The number of benzene rings is 1. The lowest BCUT2D eigenvalue weighted by atomic mass is 10.1. The van der Waals surface area contributed by atoms with Crippen molar-refractivity contribution in [3.05, 3.63) is 35.6 Å². The van der Waals surface area contributed by atoms with Crippen molar-refractivity contribution in [1.82, 2.24) is 10.2 Å². The highest BCUT2D eigenvalue weighted by Crippen LogP contribution is 2.11. The Morgan fingerprint density at radius 3 is 2.82 bits per heavy atom. The average Bonchev–Trinajstić information content (AvgIpc) is 2.32. The summed E-state index contributed by atoms with van der Waals surface area (Å²) in [6.07, 6.45) is 0. The number of aliphatic carboxylic acids is 1. The summed E-state index contributed by atoms with van der Waals surface area (Å²) in [5, 5.41) is 12.1. The fraction of sp³-hybridized carbons (Fsp3) is 0.417. The van der Waals surface area contributed by atoms with Gasteiger partial charge in [-0.3, -0.25) is 9.69 Å². The summed E-state index contributed by atoms with van der Waals surface area (Å²) >= 11 is 0. The number of halogens is 1. The van der Waals surface area contributed by atoms with Gasteiger partial charge in [-0.1, -0.05) is 12.1 Å². The Hall–Kier alpha value is -1.46. The molecule has 2 N–H and O–H groups in total. The summed E-state index contributed by atoms with van der Waals surface area (Å²) in [5.74, 6) is -1.09. The van der Waals surface area contributed by atoms with Gasteiger partial charge in [-0.2, -0.15) is 0 Å². The number of rotatable bonds is 3. The molecular formula is C12H15FN2O2. The first kappa shape index (κ1) is 12.0. The molecule has 1 aliphatic heterocycles. The third-order valence-corrected chi connectivity index (χ3v) is 2.94. The summed E-state index contributed by atoms with van der Waals surface area (Å²) in [6, 6.07) is 5.67. The molecule has 0 amide bonds. The molecule has 1 saturated heterocycles. The molecule has 1 fully saturated rings. The van der Waals surface area contributed by atoms with Crippen LogP contribution in [0.1, 0.15) is 5.56 Å². The molecule has 4 nitrogen and oxygen atoms in total. The molecule has 0 aliphatic carbocycles. The lowest BCUT2D eigenvalue weighted by Crippen LogP contribution is -2.54. The first-order valence-corrected chi connectivity index (χ1v) is 5.59. The molecule has 1 heterocycles. The van der Waals surface area contributed by atoms with Crippen LogP contribution in [0.15, 0.2) is 24.3 Å². The maximum atomic E-state index is 12.8. The van der Waals surface area contributed by atoms with Crippen LogP contribution in [0.25, 0.3) is 0 Å². The SMILES string of the molecule is O=C(O)[C@@H]1CNCCN1Cc1ccc(F)cc1. The van der Waals surface area contributed by atoms with Crippen molar-refractivity contribution in [2.75, 3.05) is 19.6 Å². The highest BCUT2D eigenvalue weighted by molar-refractivity contribution is 5.74. The van der Waals surface area contributed by atoms with Crippen molar-refractivity contribution in [1.29, 1.82) is 0 Å².